The van der Waals surface area contributed by atoms with Gasteiger partial charge in [0.1, 0.15) is 12.1 Å². The molecular formula is C28H35N5O4. The number of nitrogens with zero attached hydrogens (tertiary/aromatic N) is 1. The quantitative estimate of drug-likeness (QED) is 0.447. The number of carbonyl (C=O) groups is 4. The normalized spacial score (nSPS) is 25.6. The van der Waals surface area contributed by atoms with Crippen molar-refractivity contribution >= 4 is 23.4 Å². The summed E-state index contributed by atoms with van der Waals surface area (Å²) in [7, 11) is 0. The van der Waals surface area contributed by atoms with Crippen LogP contribution in [-0.2, 0) is 25.6 Å². The SMILES string of the molecule is NCCNC(=O)[C@@H]1CC(=O)C2=C(CN(C(=O)[C@H]3CC(=O)C4=C(N3)[C@H](Cc3ccccc3)CCC4)CC2)N1. The van der Waals surface area contributed by atoms with E-state index < -0.39 is 12.1 Å². The van der Waals surface area contributed by atoms with Crippen molar-refractivity contribution in [2.45, 2.75) is 57.0 Å². The average Bonchev–Trinajstić information content (AvgIpc) is 2.91. The molecule has 0 radical (unpaired) electrons. The number of rotatable bonds is 6. The maximum Gasteiger partial charge on any atom is 0.245 e. The van der Waals surface area contributed by atoms with Gasteiger partial charge in [0.25, 0.3) is 0 Å². The Hall–Kier alpha value is -3.46. The van der Waals surface area contributed by atoms with E-state index in [1.165, 1.54) is 5.56 Å². The van der Waals surface area contributed by atoms with E-state index >= 15 is 0 Å². The molecule has 0 saturated heterocycles. The summed E-state index contributed by atoms with van der Waals surface area (Å²) >= 11 is 0. The third-order valence-electron chi connectivity index (χ3n) is 7.88. The van der Waals surface area contributed by atoms with Crippen molar-refractivity contribution in [3.8, 4) is 0 Å². The third-order valence-corrected chi connectivity index (χ3v) is 7.88. The fourth-order valence-corrected chi connectivity index (χ4v) is 6.00. The molecule has 0 fully saturated rings. The maximum absolute atomic E-state index is 13.6. The lowest BCUT2D eigenvalue weighted by atomic mass is 9.78. The van der Waals surface area contributed by atoms with Crippen molar-refractivity contribution in [1.82, 2.24) is 20.9 Å². The zero-order valence-corrected chi connectivity index (χ0v) is 21.1. The van der Waals surface area contributed by atoms with Gasteiger partial charge in [0.05, 0.1) is 6.54 Å². The molecule has 37 heavy (non-hydrogen) atoms. The molecule has 196 valence electrons. The zero-order chi connectivity index (χ0) is 25.9. The summed E-state index contributed by atoms with van der Waals surface area (Å²) in [5.41, 5.74) is 9.77. The molecule has 9 heteroatoms. The van der Waals surface area contributed by atoms with Gasteiger partial charge in [-0.15, -0.1) is 0 Å². The van der Waals surface area contributed by atoms with E-state index in [-0.39, 0.29) is 48.7 Å². The Morgan fingerprint density at radius 3 is 2.54 bits per heavy atom. The van der Waals surface area contributed by atoms with Crippen LogP contribution >= 0.6 is 0 Å². The summed E-state index contributed by atoms with van der Waals surface area (Å²) in [6, 6.07) is 8.95. The Morgan fingerprint density at radius 1 is 1.00 bits per heavy atom. The van der Waals surface area contributed by atoms with Gasteiger partial charge in [0.2, 0.25) is 11.8 Å². The Bertz CT molecular complexity index is 1160. The number of Topliss-reactive ketones (excluding diaryl/α,β-unsaturated/α-hetero) is 2. The summed E-state index contributed by atoms with van der Waals surface area (Å²) < 4.78 is 0. The maximum atomic E-state index is 13.6. The Kier molecular flexibility index (Phi) is 7.41. The molecule has 0 bridgehead atoms. The van der Waals surface area contributed by atoms with Crippen LogP contribution in [0.4, 0.5) is 0 Å². The Labute approximate surface area is 216 Å². The first-order valence-corrected chi connectivity index (χ1v) is 13.3. The molecule has 3 heterocycles. The zero-order valence-electron chi connectivity index (χ0n) is 21.1. The largest absolute Gasteiger partial charge is 0.376 e. The second-order valence-corrected chi connectivity index (χ2v) is 10.4. The number of hydrogen-bond acceptors (Lipinski definition) is 7. The number of hydrogen-bond donors (Lipinski definition) is 4. The van der Waals surface area contributed by atoms with Crippen LogP contribution in [0.3, 0.4) is 0 Å². The molecule has 9 nitrogen and oxygen atoms in total. The number of ketones is 2. The third kappa shape index (κ3) is 5.32. The van der Waals surface area contributed by atoms with E-state index in [2.05, 4.69) is 28.1 Å². The molecule has 1 aliphatic carbocycles. The van der Waals surface area contributed by atoms with Crippen LogP contribution in [0, 0.1) is 5.92 Å². The minimum atomic E-state index is -0.670. The van der Waals surface area contributed by atoms with Crippen LogP contribution in [0.2, 0.25) is 0 Å². The standard InChI is InChI=1S/C28H35N5O4/c29-10-11-30-27(36)21-14-24(34)19-9-12-33(16-23(19)31-21)28(37)22-15-25(35)20-8-4-7-18(26(20)32-22)13-17-5-2-1-3-6-17/h1-3,5-6,18,21-22,31-32H,4,7-16,29H2,(H,30,36)/t18-,21-,22+/m0/s1. The lowest BCUT2D eigenvalue weighted by molar-refractivity contribution is -0.136. The minimum Gasteiger partial charge on any atom is -0.376 e. The summed E-state index contributed by atoms with van der Waals surface area (Å²) in [4.78, 5) is 53.6. The van der Waals surface area contributed by atoms with Crippen molar-refractivity contribution in [1.29, 1.82) is 0 Å². The smallest absolute Gasteiger partial charge is 0.245 e. The van der Waals surface area contributed by atoms with Crippen LogP contribution in [0.25, 0.3) is 0 Å². The summed E-state index contributed by atoms with van der Waals surface area (Å²) in [6.07, 6.45) is 4.23. The van der Waals surface area contributed by atoms with Gasteiger partial charge in [-0.3, -0.25) is 19.2 Å². The summed E-state index contributed by atoms with van der Waals surface area (Å²) in [5.74, 6) is -0.217. The molecule has 4 aliphatic rings. The van der Waals surface area contributed by atoms with E-state index in [0.717, 1.165) is 37.0 Å². The highest BCUT2D eigenvalue weighted by molar-refractivity contribution is 6.03. The van der Waals surface area contributed by atoms with Crippen LogP contribution in [0.5, 0.6) is 0 Å². The van der Waals surface area contributed by atoms with Crippen LogP contribution in [0.15, 0.2) is 52.9 Å². The van der Waals surface area contributed by atoms with Gasteiger partial charge in [0, 0.05) is 60.9 Å². The van der Waals surface area contributed by atoms with Gasteiger partial charge in [-0.25, -0.2) is 0 Å². The van der Waals surface area contributed by atoms with Crippen LogP contribution in [-0.4, -0.2) is 66.5 Å². The molecule has 3 atom stereocenters. The highest BCUT2D eigenvalue weighted by atomic mass is 16.2. The molecule has 0 saturated carbocycles. The second kappa shape index (κ2) is 10.9. The van der Waals surface area contributed by atoms with Crippen molar-refractivity contribution < 1.29 is 19.2 Å². The van der Waals surface area contributed by atoms with E-state index in [1.54, 1.807) is 4.90 Å². The van der Waals surface area contributed by atoms with Gasteiger partial charge < -0.3 is 26.6 Å². The molecular weight excluding hydrogens is 470 g/mol. The average molecular weight is 506 g/mol. The van der Waals surface area contributed by atoms with E-state index in [4.69, 9.17) is 5.73 Å². The van der Waals surface area contributed by atoms with Gasteiger partial charge in [-0.05, 0) is 37.7 Å². The van der Waals surface area contributed by atoms with Gasteiger partial charge in [-0.2, -0.15) is 0 Å². The number of amides is 2. The van der Waals surface area contributed by atoms with Crippen molar-refractivity contribution in [3.05, 3.63) is 58.4 Å². The fraction of sp³-hybridized carbons (Fsp3) is 0.500. The van der Waals surface area contributed by atoms with Crippen LogP contribution in [0.1, 0.15) is 44.1 Å². The second-order valence-electron chi connectivity index (χ2n) is 10.4. The topological polar surface area (TPSA) is 134 Å². The fourth-order valence-electron chi connectivity index (χ4n) is 6.00. The number of nitrogens with one attached hydrogen (secondary N) is 3. The van der Waals surface area contributed by atoms with Gasteiger partial charge in [0.15, 0.2) is 11.6 Å². The van der Waals surface area contributed by atoms with Crippen LogP contribution < -0.4 is 21.7 Å². The first kappa shape index (κ1) is 25.2. The lowest BCUT2D eigenvalue weighted by Crippen LogP contribution is -2.56. The van der Waals surface area contributed by atoms with E-state index in [0.29, 0.717) is 37.3 Å². The summed E-state index contributed by atoms with van der Waals surface area (Å²) in [6.45, 7) is 1.30. The number of allylic oxidation sites excluding steroid dienone is 2. The summed E-state index contributed by atoms with van der Waals surface area (Å²) in [5, 5.41) is 9.38. The first-order chi connectivity index (χ1) is 17.9. The van der Waals surface area contributed by atoms with Crippen molar-refractivity contribution in [2.75, 3.05) is 26.2 Å². The molecule has 3 aliphatic heterocycles. The number of carbonyl (C=O) groups excluding carboxylic acids is 4. The molecule has 0 aromatic heterocycles. The Balaban J connectivity index is 1.28. The lowest BCUT2D eigenvalue weighted by Gasteiger charge is -2.40. The molecule has 2 amide bonds. The van der Waals surface area contributed by atoms with Crippen molar-refractivity contribution in [3.63, 3.8) is 0 Å². The number of benzene rings is 1. The Morgan fingerprint density at radius 2 is 1.76 bits per heavy atom. The van der Waals surface area contributed by atoms with Gasteiger partial charge in [-0.1, -0.05) is 30.3 Å². The van der Waals surface area contributed by atoms with Crippen molar-refractivity contribution in [2.24, 2.45) is 11.7 Å². The molecule has 1 aromatic carbocycles. The predicted molar refractivity (Wildman–Crippen MR) is 138 cm³/mol. The number of nitrogens with two attached hydrogens (primary N) is 1. The molecule has 5 N–H and O–H groups in total. The molecule has 0 spiro atoms. The highest BCUT2D eigenvalue weighted by Gasteiger charge is 2.40. The molecule has 0 unspecified atom stereocenters. The van der Waals surface area contributed by atoms with Gasteiger partial charge >= 0.3 is 0 Å². The highest BCUT2D eigenvalue weighted by Crippen LogP contribution is 2.35. The first-order valence-electron chi connectivity index (χ1n) is 13.3. The van der Waals surface area contributed by atoms with E-state index in [1.807, 2.05) is 18.2 Å². The van der Waals surface area contributed by atoms with E-state index in [9.17, 15) is 19.2 Å². The monoisotopic (exact) mass is 505 g/mol. The minimum absolute atomic E-state index is 0.0551. The predicted octanol–water partition coefficient (Wildman–Crippen LogP) is 0.707. The molecule has 5 rings (SSSR count). The molecule has 1 aromatic rings.